The highest BCUT2D eigenvalue weighted by atomic mass is 35.5. The Morgan fingerprint density at radius 1 is 1.45 bits per heavy atom. The molecule has 0 aliphatic rings. The molecule has 1 aromatic carbocycles. The Bertz CT molecular complexity index is 418. The molecular weight excluding hydrogens is 302 g/mol. The van der Waals surface area contributed by atoms with E-state index in [1.54, 1.807) is 0 Å². The first-order valence-electron chi connectivity index (χ1n) is 6.42. The third-order valence-corrected chi connectivity index (χ3v) is 3.78. The standard InChI is InChI=1S/C14H22ClFN2O.ClH/c1-10(2)14(3,9-17)18-6-7-19-13-5-4-11(16)8-12(13)15;/h4-5,8,10,18H,6-7,9,17H2,1-3H3;1H. The predicted molar refractivity (Wildman–Crippen MR) is 84.5 cm³/mol. The van der Waals surface area contributed by atoms with Gasteiger partial charge in [0.25, 0.3) is 0 Å². The van der Waals surface area contributed by atoms with Crippen molar-refractivity contribution in [1.29, 1.82) is 0 Å². The monoisotopic (exact) mass is 324 g/mol. The molecule has 0 aliphatic heterocycles. The van der Waals surface area contributed by atoms with Gasteiger partial charge in [-0.1, -0.05) is 25.4 Å². The molecule has 1 aromatic rings. The van der Waals surface area contributed by atoms with E-state index in [0.717, 1.165) is 0 Å². The largest absolute Gasteiger partial charge is 0.491 e. The van der Waals surface area contributed by atoms with Crippen molar-refractivity contribution in [3.63, 3.8) is 0 Å². The maximum absolute atomic E-state index is 12.9. The van der Waals surface area contributed by atoms with Crippen LogP contribution in [-0.2, 0) is 0 Å². The molecule has 0 saturated carbocycles. The fourth-order valence-corrected chi connectivity index (χ4v) is 1.82. The van der Waals surface area contributed by atoms with Crippen LogP contribution in [0.2, 0.25) is 5.02 Å². The Labute approximate surface area is 131 Å². The minimum atomic E-state index is -0.369. The molecule has 0 saturated heterocycles. The van der Waals surface area contributed by atoms with E-state index >= 15 is 0 Å². The van der Waals surface area contributed by atoms with E-state index in [-0.39, 0.29) is 28.8 Å². The van der Waals surface area contributed by atoms with Gasteiger partial charge in [-0.3, -0.25) is 0 Å². The first kappa shape index (κ1) is 19.4. The number of nitrogens with two attached hydrogens (primary N) is 1. The van der Waals surface area contributed by atoms with Gasteiger partial charge in [-0.25, -0.2) is 4.39 Å². The number of rotatable bonds is 7. The lowest BCUT2D eigenvalue weighted by molar-refractivity contribution is 0.236. The van der Waals surface area contributed by atoms with Crippen molar-refractivity contribution in [2.24, 2.45) is 11.7 Å². The summed E-state index contributed by atoms with van der Waals surface area (Å²) in [6.45, 7) is 7.99. The molecule has 0 aromatic heterocycles. The third-order valence-electron chi connectivity index (χ3n) is 3.48. The summed E-state index contributed by atoms with van der Waals surface area (Å²) in [7, 11) is 0. The zero-order valence-corrected chi connectivity index (χ0v) is 13.7. The van der Waals surface area contributed by atoms with Crippen LogP contribution in [0.3, 0.4) is 0 Å². The molecule has 0 heterocycles. The van der Waals surface area contributed by atoms with Gasteiger partial charge in [0, 0.05) is 18.6 Å². The number of nitrogens with one attached hydrogen (secondary N) is 1. The van der Waals surface area contributed by atoms with Gasteiger partial charge in [0.15, 0.2) is 0 Å². The molecule has 1 unspecified atom stereocenters. The van der Waals surface area contributed by atoms with Crippen LogP contribution in [0, 0.1) is 11.7 Å². The van der Waals surface area contributed by atoms with Crippen LogP contribution in [0.15, 0.2) is 18.2 Å². The third kappa shape index (κ3) is 5.44. The van der Waals surface area contributed by atoms with E-state index < -0.39 is 0 Å². The van der Waals surface area contributed by atoms with E-state index in [9.17, 15) is 4.39 Å². The Morgan fingerprint density at radius 3 is 2.60 bits per heavy atom. The molecule has 3 nitrogen and oxygen atoms in total. The summed E-state index contributed by atoms with van der Waals surface area (Å²) in [5.74, 6) is 0.543. The Hall–Kier alpha value is -0.550. The van der Waals surface area contributed by atoms with E-state index in [2.05, 4.69) is 26.1 Å². The van der Waals surface area contributed by atoms with Gasteiger partial charge in [0.2, 0.25) is 0 Å². The quantitative estimate of drug-likeness (QED) is 0.757. The van der Waals surface area contributed by atoms with Gasteiger partial charge in [-0.2, -0.15) is 0 Å². The molecule has 116 valence electrons. The van der Waals surface area contributed by atoms with Crippen LogP contribution in [0.25, 0.3) is 0 Å². The van der Waals surface area contributed by atoms with Gasteiger partial charge < -0.3 is 15.8 Å². The number of benzene rings is 1. The zero-order chi connectivity index (χ0) is 14.5. The van der Waals surface area contributed by atoms with Crippen LogP contribution in [0.1, 0.15) is 20.8 Å². The molecule has 0 amide bonds. The Morgan fingerprint density at radius 2 is 2.10 bits per heavy atom. The molecule has 0 aliphatic carbocycles. The second kappa shape index (κ2) is 8.67. The molecule has 1 atom stereocenters. The molecule has 20 heavy (non-hydrogen) atoms. The van der Waals surface area contributed by atoms with Crippen molar-refractivity contribution in [1.82, 2.24) is 5.32 Å². The topological polar surface area (TPSA) is 47.3 Å². The van der Waals surface area contributed by atoms with Crippen LogP contribution < -0.4 is 15.8 Å². The second-order valence-corrected chi connectivity index (χ2v) is 5.53. The fourth-order valence-electron chi connectivity index (χ4n) is 1.60. The fraction of sp³-hybridized carbons (Fsp3) is 0.571. The average molecular weight is 325 g/mol. The maximum atomic E-state index is 12.9. The molecular formula is C14H23Cl2FN2O. The highest BCUT2D eigenvalue weighted by Gasteiger charge is 2.25. The van der Waals surface area contributed by atoms with Gasteiger partial charge in [-0.05, 0) is 31.0 Å². The van der Waals surface area contributed by atoms with Crippen molar-refractivity contribution in [2.75, 3.05) is 19.7 Å². The van der Waals surface area contributed by atoms with Crippen molar-refractivity contribution in [3.05, 3.63) is 29.0 Å². The highest BCUT2D eigenvalue weighted by molar-refractivity contribution is 6.32. The molecule has 6 heteroatoms. The molecule has 0 radical (unpaired) electrons. The lowest BCUT2D eigenvalue weighted by Gasteiger charge is -2.33. The minimum Gasteiger partial charge on any atom is -0.491 e. The molecule has 1 rings (SSSR count). The van der Waals surface area contributed by atoms with Crippen molar-refractivity contribution < 1.29 is 9.13 Å². The molecule has 0 bridgehead atoms. The Balaban J connectivity index is 0.00000361. The van der Waals surface area contributed by atoms with Crippen LogP contribution in [0.4, 0.5) is 4.39 Å². The summed E-state index contributed by atoms with van der Waals surface area (Å²) in [4.78, 5) is 0. The first-order chi connectivity index (χ1) is 8.89. The van der Waals surface area contributed by atoms with E-state index in [1.165, 1.54) is 18.2 Å². The first-order valence-corrected chi connectivity index (χ1v) is 6.80. The van der Waals surface area contributed by atoms with Crippen LogP contribution in [0.5, 0.6) is 5.75 Å². The van der Waals surface area contributed by atoms with Crippen LogP contribution in [-0.4, -0.2) is 25.2 Å². The average Bonchev–Trinajstić information content (AvgIpc) is 2.36. The van der Waals surface area contributed by atoms with Gasteiger partial charge in [-0.15, -0.1) is 12.4 Å². The van der Waals surface area contributed by atoms with Gasteiger partial charge >= 0.3 is 0 Å². The van der Waals surface area contributed by atoms with Crippen molar-refractivity contribution >= 4 is 24.0 Å². The summed E-state index contributed by atoms with van der Waals surface area (Å²) < 4.78 is 18.4. The summed E-state index contributed by atoms with van der Waals surface area (Å²) in [5, 5.41) is 3.66. The minimum absolute atomic E-state index is 0. The van der Waals surface area contributed by atoms with Crippen LogP contribution >= 0.6 is 24.0 Å². The normalized spacial score (nSPS) is 13.8. The van der Waals surface area contributed by atoms with Crippen molar-refractivity contribution in [2.45, 2.75) is 26.3 Å². The van der Waals surface area contributed by atoms with Crippen molar-refractivity contribution in [3.8, 4) is 5.75 Å². The van der Waals surface area contributed by atoms with E-state index in [1.807, 2.05) is 0 Å². The number of hydrogen-bond donors (Lipinski definition) is 2. The lowest BCUT2D eigenvalue weighted by Crippen LogP contribution is -2.53. The summed E-state index contributed by atoms with van der Waals surface area (Å²) in [5.41, 5.74) is 5.66. The highest BCUT2D eigenvalue weighted by Crippen LogP contribution is 2.24. The van der Waals surface area contributed by atoms with E-state index in [4.69, 9.17) is 22.1 Å². The molecule has 0 spiro atoms. The maximum Gasteiger partial charge on any atom is 0.138 e. The molecule has 3 N–H and O–H groups in total. The predicted octanol–water partition coefficient (Wildman–Crippen LogP) is 3.24. The number of halogens is 3. The Kier molecular flexibility index (Phi) is 8.44. The summed E-state index contributed by atoms with van der Waals surface area (Å²) >= 11 is 5.87. The smallest absolute Gasteiger partial charge is 0.138 e. The number of ether oxygens (including phenoxy) is 1. The number of hydrogen-bond acceptors (Lipinski definition) is 3. The van der Waals surface area contributed by atoms with Gasteiger partial charge in [0.05, 0.1) is 5.02 Å². The summed E-state index contributed by atoms with van der Waals surface area (Å²) in [6.07, 6.45) is 0. The SMILES string of the molecule is CC(C)C(C)(CN)NCCOc1ccc(F)cc1Cl.Cl. The van der Waals surface area contributed by atoms with Gasteiger partial charge in [0.1, 0.15) is 18.2 Å². The van der Waals surface area contributed by atoms with E-state index in [0.29, 0.717) is 31.4 Å². The summed E-state index contributed by atoms with van der Waals surface area (Å²) in [6, 6.07) is 4.09. The molecule has 0 fully saturated rings. The second-order valence-electron chi connectivity index (χ2n) is 5.13. The lowest BCUT2D eigenvalue weighted by atomic mass is 9.88. The zero-order valence-electron chi connectivity index (χ0n) is 12.1.